The molecule has 1 fully saturated rings. The highest BCUT2D eigenvalue weighted by molar-refractivity contribution is 4.94. The Balaban J connectivity index is 1.77. The third-order valence-corrected chi connectivity index (χ3v) is 3.35. The van der Waals surface area contributed by atoms with E-state index in [9.17, 15) is 0 Å². The second-order valence-electron chi connectivity index (χ2n) is 4.30. The van der Waals surface area contributed by atoms with Crippen molar-refractivity contribution < 1.29 is 4.74 Å². The van der Waals surface area contributed by atoms with Crippen LogP contribution in [0.5, 0.6) is 0 Å². The Hall–Kier alpha value is -0.870. The van der Waals surface area contributed by atoms with Crippen LogP contribution in [-0.4, -0.2) is 28.8 Å². The number of hydrogen-bond donors (Lipinski definition) is 1. The number of rotatable bonds is 5. The van der Waals surface area contributed by atoms with Gasteiger partial charge in [0.2, 0.25) is 0 Å². The summed E-state index contributed by atoms with van der Waals surface area (Å²) in [4.78, 5) is 4.26. The third kappa shape index (κ3) is 2.21. The summed E-state index contributed by atoms with van der Waals surface area (Å²) >= 11 is 0. The molecule has 0 radical (unpaired) electrons. The fraction of sp³-hybridized carbons (Fsp3) is 0.727. The second-order valence-corrected chi connectivity index (χ2v) is 4.30. The van der Waals surface area contributed by atoms with Gasteiger partial charge >= 0.3 is 0 Å². The molecule has 0 amide bonds. The third-order valence-electron chi connectivity index (χ3n) is 3.35. The van der Waals surface area contributed by atoms with Crippen LogP contribution in [0.15, 0.2) is 12.4 Å². The first-order valence-electron chi connectivity index (χ1n) is 5.48. The Bertz CT molecular complexity index is 312. The molecule has 1 heterocycles. The minimum atomic E-state index is 0.102. The van der Waals surface area contributed by atoms with E-state index >= 15 is 0 Å². The maximum Gasteiger partial charge on any atom is 0.122 e. The summed E-state index contributed by atoms with van der Waals surface area (Å²) in [6.07, 6.45) is 7.44. The van der Waals surface area contributed by atoms with Gasteiger partial charge in [-0.1, -0.05) is 0 Å². The van der Waals surface area contributed by atoms with Crippen LogP contribution in [0.25, 0.3) is 0 Å². The number of nitrogens with one attached hydrogen (secondary N) is 1. The van der Waals surface area contributed by atoms with Gasteiger partial charge in [0, 0.05) is 33.1 Å². The van der Waals surface area contributed by atoms with Crippen LogP contribution in [-0.2, 0) is 18.3 Å². The summed E-state index contributed by atoms with van der Waals surface area (Å²) < 4.78 is 7.57. The number of methoxy groups -OCH3 is 1. The van der Waals surface area contributed by atoms with Crippen molar-refractivity contribution in [2.45, 2.75) is 31.4 Å². The van der Waals surface area contributed by atoms with E-state index in [2.05, 4.69) is 10.3 Å². The van der Waals surface area contributed by atoms with Gasteiger partial charge in [-0.05, 0) is 19.3 Å². The van der Waals surface area contributed by atoms with Crippen LogP contribution >= 0.6 is 0 Å². The monoisotopic (exact) mass is 209 g/mol. The van der Waals surface area contributed by atoms with Crippen LogP contribution in [0.2, 0.25) is 0 Å². The van der Waals surface area contributed by atoms with Crippen molar-refractivity contribution in [2.75, 3.05) is 13.7 Å². The van der Waals surface area contributed by atoms with E-state index in [1.165, 1.54) is 19.3 Å². The predicted octanol–water partition coefficient (Wildman–Crippen LogP) is 1.08. The van der Waals surface area contributed by atoms with Crippen LogP contribution in [0.4, 0.5) is 0 Å². The van der Waals surface area contributed by atoms with Gasteiger partial charge in [0.25, 0.3) is 0 Å². The molecule has 4 nitrogen and oxygen atoms in total. The maximum atomic E-state index is 5.53. The molecule has 84 valence electrons. The molecule has 0 bridgehead atoms. The van der Waals surface area contributed by atoms with E-state index in [0.717, 1.165) is 18.9 Å². The molecule has 1 aliphatic rings. The van der Waals surface area contributed by atoms with E-state index in [-0.39, 0.29) is 5.60 Å². The molecule has 0 spiro atoms. The van der Waals surface area contributed by atoms with Gasteiger partial charge in [-0.2, -0.15) is 0 Å². The summed E-state index contributed by atoms with van der Waals surface area (Å²) in [5.41, 5.74) is 0.102. The zero-order chi connectivity index (χ0) is 10.7. The van der Waals surface area contributed by atoms with Gasteiger partial charge in [-0.3, -0.25) is 0 Å². The molecule has 0 aromatic carbocycles. The lowest BCUT2D eigenvalue weighted by Crippen LogP contribution is -2.47. The Morgan fingerprint density at radius 2 is 2.40 bits per heavy atom. The minimum absolute atomic E-state index is 0.102. The number of nitrogens with zero attached hydrogens (tertiary/aromatic N) is 2. The molecule has 0 saturated heterocycles. The molecular formula is C11H19N3O. The predicted molar refractivity (Wildman–Crippen MR) is 58.5 cm³/mol. The van der Waals surface area contributed by atoms with E-state index in [1.807, 2.05) is 31.1 Å². The van der Waals surface area contributed by atoms with Crippen molar-refractivity contribution in [2.24, 2.45) is 7.05 Å². The van der Waals surface area contributed by atoms with E-state index < -0.39 is 0 Å². The number of ether oxygens (including phenoxy) is 1. The Labute approximate surface area is 90.6 Å². The first-order valence-corrected chi connectivity index (χ1v) is 5.48. The molecular weight excluding hydrogens is 190 g/mol. The highest BCUT2D eigenvalue weighted by Gasteiger charge is 2.36. The van der Waals surface area contributed by atoms with Crippen LogP contribution in [0, 0.1) is 0 Å². The molecule has 1 saturated carbocycles. The summed E-state index contributed by atoms with van der Waals surface area (Å²) in [7, 11) is 3.82. The lowest BCUT2D eigenvalue weighted by molar-refractivity contribution is -0.0696. The molecule has 0 unspecified atom stereocenters. The van der Waals surface area contributed by atoms with Gasteiger partial charge < -0.3 is 14.6 Å². The number of hydrogen-bond acceptors (Lipinski definition) is 3. The summed E-state index contributed by atoms with van der Waals surface area (Å²) in [5, 5.41) is 3.41. The van der Waals surface area contributed by atoms with Crippen molar-refractivity contribution in [3.8, 4) is 0 Å². The van der Waals surface area contributed by atoms with Crippen molar-refractivity contribution >= 4 is 0 Å². The largest absolute Gasteiger partial charge is 0.377 e. The van der Waals surface area contributed by atoms with Gasteiger partial charge in [-0.15, -0.1) is 0 Å². The van der Waals surface area contributed by atoms with E-state index in [1.54, 1.807) is 0 Å². The first kappa shape index (κ1) is 10.6. The SMILES string of the molecule is COC1(CNCc2nccn2C)CCC1. The summed E-state index contributed by atoms with van der Waals surface area (Å²) in [6.45, 7) is 1.74. The van der Waals surface area contributed by atoms with Gasteiger partial charge in [-0.25, -0.2) is 4.98 Å². The van der Waals surface area contributed by atoms with Crippen LogP contribution in [0.1, 0.15) is 25.1 Å². The van der Waals surface area contributed by atoms with Crippen molar-refractivity contribution in [3.05, 3.63) is 18.2 Å². The highest BCUT2D eigenvalue weighted by atomic mass is 16.5. The molecule has 1 N–H and O–H groups in total. The summed E-state index contributed by atoms with van der Waals surface area (Å²) in [6, 6.07) is 0. The topological polar surface area (TPSA) is 39.1 Å². The number of aryl methyl sites for hydroxylation is 1. The molecule has 4 heteroatoms. The highest BCUT2D eigenvalue weighted by Crippen LogP contribution is 2.34. The van der Waals surface area contributed by atoms with Gasteiger partial charge in [0.1, 0.15) is 5.82 Å². The number of imidazole rings is 1. The van der Waals surface area contributed by atoms with Gasteiger partial charge in [0.15, 0.2) is 0 Å². The Morgan fingerprint density at radius 3 is 2.87 bits per heavy atom. The molecule has 1 aliphatic carbocycles. The van der Waals surface area contributed by atoms with Crippen molar-refractivity contribution in [3.63, 3.8) is 0 Å². The van der Waals surface area contributed by atoms with Crippen molar-refractivity contribution in [1.82, 2.24) is 14.9 Å². The molecule has 0 atom stereocenters. The normalized spacial score (nSPS) is 18.8. The fourth-order valence-electron chi connectivity index (χ4n) is 1.99. The smallest absolute Gasteiger partial charge is 0.122 e. The van der Waals surface area contributed by atoms with E-state index in [4.69, 9.17) is 4.74 Å². The standard InChI is InChI=1S/C11H19N3O/c1-14-7-6-13-10(14)8-12-9-11(15-2)4-3-5-11/h6-7,12H,3-5,8-9H2,1-2H3. The molecule has 1 aromatic heterocycles. The average molecular weight is 209 g/mol. The molecule has 15 heavy (non-hydrogen) atoms. The fourth-order valence-corrected chi connectivity index (χ4v) is 1.99. The lowest BCUT2D eigenvalue weighted by atomic mass is 9.80. The Kier molecular flexibility index (Phi) is 3.07. The maximum absolute atomic E-state index is 5.53. The number of aromatic nitrogens is 2. The van der Waals surface area contributed by atoms with Crippen LogP contribution < -0.4 is 5.32 Å². The summed E-state index contributed by atoms with van der Waals surface area (Å²) in [5.74, 6) is 1.07. The second kappa shape index (κ2) is 4.33. The lowest BCUT2D eigenvalue weighted by Gasteiger charge is -2.40. The first-order chi connectivity index (χ1) is 7.26. The quantitative estimate of drug-likeness (QED) is 0.788. The molecule has 0 aliphatic heterocycles. The average Bonchev–Trinajstić information content (AvgIpc) is 2.57. The zero-order valence-corrected chi connectivity index (χ0v) is 9.49. The molecule has 1 aromatic rings. The van der Waals surface area contributed by atoms with Gasteiger partial charge in [0.05, 0.1) is 12.1 Å². The van der Waals surface area contributed by atoms with Crippen LogP contribution in [0.3, 0.4) is 0 Å². The molecule has 2 rings (SSSR count). The zero-order valence-electron chi connectivity index (χ0n) is 9.49. The minimum Gasteiger partial charge on any atom is -0.377 e. The van der Waals surface area contributed by atoms with E-state index in [0.29, 0.717) is 0 Å². The van der Waals surface area contributed by atoms with Crippen molar-refractivity contribution in [1.29, 1.82) is 0 Å². The Morgan fingerprint density at radius 1 is 1.60 bits per heavy atom.